The molecule has 2 heterocycles. The second kappa shape index (κ2) is 5.85. The predicted octanol–water partition coefficient (Wildman–Crippen LogP) is 4.24. The summed E-state index contributed by atoms with van der Waals surface area (Å²) in [6.45, 7) is 4.63. The summed E-state index contributed by atoms with van der Waals surface area (Å²) in [5.74, 6) is 2.55. The molecule has 112 valence electrons. The van der Waals surface area contributed by atoms with Crippen LogP contribution in [0.5, 0.6) is 0 Å². The molecule has 0 aliphatic heterocycles. The molecule has 0 N–H and O–H groups in total. The maximum atomic E-state index is 4.68. The fraction of sp³-hybridized carbons (Fsp3) is 0.312. The highest BCUT2D eigenvalue weighted by Gasteiger charge is 2.30. The molecule has 4 rings (SSSR count). The van der Waals surface area contributed by atoms with Gasteiger partial charge in [-0.15, -0.1) is 28.1 Å². The normalized spacial score (nSPS) is 14.5. The number of para-hydroxylation sites is 1. The second-order valence-corrected chi connectivity index (χ2v) is 7.44. The van der Waals surface area contributed by atoms with Gasteiger partial charge in [0, 0.05) is 12.5 Å². The number of aromatic nitrogens is 4. The van der Waals surface area contributed by atoms with Gasteiger partial charge in [0.2, 0.25) is 0 Å². The van der Waals surface area contributed by atoms with E-state index in [0.29, 0.717) is 5.92 Å². The van der Waals surface area contributed by atoms with Crippen molar-refractivity contribution in [2.45, 2.75) is 36.2 Å². The molecule has 4 nitrogen and oxygen atoms in total. The monoisotopic (exact) mass is 328 g/mol. The van der Waals surface area contributed by atoms with Gasteiger partial charge in [-0.2, -0.15) is 0 Å². The molecule has 1 fully saturated rings. The summed E-state index contributed by atoms with van der Waals surface area (Å²) >= 11 is 3.46. The number of hydrogen-bond acceptors (Lipinski definition) is 5. The van der Waals surface area contributed by atoms with Crippen molar-refractivity contribution >= 4 is 33.3 Å². The zero-order valence-corrected chi connectivity index (χ0v) is 13.7. The summed E-state index contributed by atoms with van der Waals surface area (Å²) in [6, 6.07) is 8.26. The first kappa shape index (κ1) is 14.0. The lowest BCUT2D eigenvalue weighted by atomic mass is 10.3. The Morgan fingerprint density at radius 2 is 2.18 bits per heavy atom. The van der Waals surface area contributed by atoms with Crippen LogP contribution in [0.3, 0.4) is 0 Å². The topological polar surface area (TPSA) is 43.6 Å². The molecule has 1 aromatic carbocycles. The molecule has 0 bridgehead atoms. The van der Waals surface area contributed by atoms with E-state index in [1.54, 1.807) is 23.1 Å². The van der Waals surface area contributed by atoms with Crippen LogP contribution in [0.2, 0.25) is 0 Å². The molecule has 1 aliphatic rings. The summed E-state index contributed by atoms with van der Waals surface area (Å²) in [5.41, 5.74) is 1.08. The minimum Gasteiger partial charge on any atom is -0.302 e. The zero-order chi connectivity index (χ0) is 14.9. The van der Waals surface area contributed by atoms with E-state index < -0.39 is 0 Å². The summed E-state index contributed by atoms with van der Waals surface area (Å²) < 4.78 is 3.44. The average molecular weight is 328 g/mol. The molecule has 22 heavy (non-hydrogen) atoms. The van der Waals surface area contributed by atoms with Gasteiger partial charge in [-0.05, 0) is 25.0 Å². The molecule has 0 saturated heterocycles. The number of benzene rings is 1. The maximum absolute atomic E-state index is 4.68. The zero-order valence-electron chi connectivity index (χ0n) is 12.1. The van der Waals surface area contributed by atoms with Crippen molar-refractivity contribution < 1.29 is 0 Å². The lowest BCUT2D eigenvalue weighted by Gasteiger charge is -2.05. The SMILES string of the molecule is C=CCn1c(SCc2nc3ccccc3s2)nnc1C1CC1. The Morgan fingerprint density at radius 3 is 2.95 bits per heavy atom. The van der Waals surface area contributed by atoms with E-state index in [9.17, 15) is 0 Å². The lowest BCUT2D eigenvalue weighted by Crippen LogP contribution is -2.02. The van der Waals surface area contributed by atoms with Crippen molar-refractivity contribution in [1.82, 2.24) is 19.7 Å². The fourth-order valence-electron chi connectivity index (χ4n) is 2.46. The predicted molar refractivity (Wildman–Crippen MR) is 91.4 cm³/mol. The summed E-state index contributed by atoms with van der Waals surface area (Å²) in [5, 5.41) is 10.9. The summed E-state index contributed by atoms with van der Waals surface area (Å²) in [6.07, 6.45) is 4.38. The quantitative estimate of drug-likeness (QED) is 0.501. The molecule has 2 aromatic heterocycles. The van der Waals surface area contributed by atoms with Gasteiger partial charge in [0.1, 0.15) is 10.8 Å². The van der Waals surface area contributed by atoms with Gasteiger partial charge in [-0.1, -0.05) is 30.0 Å². The third-order valence-electron chi connectivity index (χ3n) is 3.66. The molecule has 0 spiro atoms. The largest absolute Gasteiger partial charge is 0.302 e. The molecule has 1 aliphatic carbocycles. The Bertz CT molecular complexity index is 784. The standard InChI is InChI=1S/C16H16N4S2/c1-2-9-20-15(11-7-8-11)18-19-16(20)21-10-14-17-12-5-3-4-6-13(12)22-14/h2-6,11H,1,7-10H2. The van der Waals surface area contributed by atoms with E-state index in [4.69, 9.17) is 0 Å². The van der Waals surface area contributed by atoms with Gasteiger partial charge in [-0.3, -0.25) is 0 Å². The molecule has 0 unspecified atom stereocenters. The molecular weight excluding hydrogens is 312 g/mol. The maximum Gasteiger partial charge on any atom is 0.191 e. The lowest BCUT2D eigenvalue weighted by molar-refractivity contribution is 0.681. The first-order valence-electron chi connectivity index (χ1n) is 7.36. The number of allylic oxidation sites excluding steroid dienone is 1. The smallest absolute Gasteiger partial charge is 0.191 e. The van der Waals surface area contributed by atoms with Crippen LogP contribution in [0.4, 0.5) is 0 Å². The van der Waals surface area contributed by atoms with Crippen molar-refractivity contribution in [2.75, 3.05) is 0 Å². The molecule has 0 atom stereocenters. The minimum absolute atomic E-state index is 0.601. The first-order chi connectivity index (χ1) is 10.8. The van der Waals surface area contributed by atoms with Crippen molar-refractivity contribution in [3.63, 3.8) is 0 Å². The molecule has 3 aromatic rings. The van der Waals surface area contributed by atoms with Gasteiger partial charge < -0.3 is 4.57 Å². The van der Waals surface area contributed by atoms with Crippen molar-refractivity contribution in [3.05, 3.63) is 47.8 Å². The Hall–Kier alpha value is -1.66. The van der Waals surface area contributed by atoms with Crippen LogP contribution in [-0.2, 0) is 12.3 Å². The van der Waals surface area contributed by atoms with Gasteiger partial charge in [-0.25, -0.2) is 4.98 Å². The Balaban J connectivity index is 1.54. The highest BCUT2D eigenvalue weighted by molar-refractivity contribution is 7.98. The van der Waals surface area contributed by atoms with Crippen molar-refractivity contribution in [3.8, 4) is 0 Å². The Morgan fingerprint density at radius 1 is 1.32 bits per heavy atom. The fourth-order valence-corrected chi connectivity index (χ4v) is 4.37. The third kappa shape index (κ3) is 2.68. The molecule has 6 heteroatoms. The first-order valence-corrected chi connectivity index (χ1v) is 9.16. The Labute approximate surface area is 137 Å². The van der Waals surface area contributed by atoms with Crippen LogP contribution in [0.25, 0.3) is 10.2 Å². The Kier molecular flexibility index (Phi) is 3.72. The van der Waals surface area contributed by atoms with E-state index in [-0.39, 0.29) is 0 Å². The molecule has 0 amide bonds. The van der Waals surface area contributed by atoms with Crippen LogP contribution in [0, 0.1) is 0 Å². The van der Waals surface area contributed by atoms with E-state index in [1.165, 1.54) is 17.5 Å². The van der Waals surface area contributed by atoms with Gasteiger partial charge >= 0.3 is 0 Å². The number of thiazole rings is 1. The van der Waals surface area contributed by atoms with Crippen LogP contribution in [-0.4, -0.2) is 19.7 Å². The highest BCUT2D eigenvalue weighted by atomic mass is 32.2. The van der Waals surface area contributed by atoms with Crippen LogP contribution >= 0.6 is 23.1 Å². The van der Waals surface area contributed by atoms with E-state index in [2.05, 4.69) is 44.5 Å². The summed E-state index contributed by atoms with van der Waals surface area (Å²) in [4.78, 5) is 4.68. The molecule has 0 radical (unpaired) electrons. The summed E-state index contributed by atoms with van der Waals surface area (Å²) in [7, 11) is 0. The molecular formula is C16H16N4S2. The third-order valence-corrected chi connectivity index (χ3v) is 5.86. The minimum atomic E-state index is 0.601. The van der Waals surface area contributed by atoms with Crippen LogP contribution < -0.4 is 0 Å². The number of thioether (sulfide) groups is 1. The highest BCUT2D eigenvalue weighted by Crippen LogP contribution is 2.40. The van der Waals surface area contributed by atoms with Crippen molar-refractivity contribution in [2.24, 2.45) is 0 Å². The van der Waals surface area contributed by atoms with E-state index in [0.717, 1.165) is 33.8 Å². The van der Waals surface area contributed by atoms with Gasteiger partial charge in [0.25, 0.3) is 0 Å². The number of hydrogen-bond donors (Lipinski definition) is 0. The van der Waals surface area contributed by atoms with Gasteiger partial charge in [0.15, 0.2) is 5.16 Å². The molecule has 1 saturated carbocycles. The van der Waals surface area contributed by atoms with Crippen LogP contribution in [0.1, 0.15) is 29.6 Å². The van der Waals surface area contributed by atoms with Crippen molar-refractivity contribution in [1.29, 1.82) is 0 Å². The average Bonchev–Trinajstić information content (AvgIpc) is 3.17. The van der Waals surface area contributed by atoms with E-state index >= 15 is 0 Å². The van der Waals surface area contributed by atoms with Crippen LogP contribution in [0.15, 0.2) is 42.1 Å². The second-order valence-electron chi connectivity index (χ2n) is 5.38. The van der Waals surface area contributed by atoms with Gasteiger partial charge in [0.05, 0.1) is 16.0 Å². The van der Waals surface area contributed by atoms with E-state index in [1.807, 2.05) is 12.1 Å². The number of fused-ring (bicyclic) bond motifs is 1. The number of nitrogens with zero attached hydrogens (tertiary/aromatic N) is 4. The number of rotatable bonds is 6.